The number of amides is 1. The second-order valence-electron chi connectivity index (χ2n) is 4.64. The zero-order valence-corrected chi connectivity index (χ0v) is 12.7. The Morgan fingerprint density at radius 2 is 1.84 bits per heavy atom. The minimum absolute atomic E-state index is 0.0123. The Morgan fingerprint density at radius 1 is 1.21 bits per heavy atom. The molecule has 0 aromatic heterocycles. The Labute approximate surface area is 116 Å². The average Bonchev–Trinajstić information content (AvgIpc) is 2.43. The van der Waals surface area contributed by atoms with Gasteiger partial charge in [-0.2, -0.15) is 0 Å². The van der Waals surface area contributed by atoms with Crippen molar-refractivity contribution in [3.8, 4) is 0 Å². The summed E-state index contributed by atoms with van der Waals surface area (Å²) < 4.78 is 4.66. The fourth-order valence-electron chi connectivity index (χ4n) is 1.86. The Kier molecular flexibility index (Phi) is 10.2. The smallest absolute Gasteiger partial charge is 0.325 e. The van der Waals surface area contributed by atoms with Crippen LogP contribution in [-0.2, 0) is 14.3 Å². The van der Waals surface area contributed by atoms with Gasteiger partial charge in [0.1, 0.15) is 6.54 Å². The second-order valence-corrected chi connectivity index (χ2v) is 4.64. The molecule has 1 N–H and O–H groups in total. The fourth-order valence-corrected chi connectivity index (χ4v) is 1.86. The van der Waals surface area contributed by atoms with Gasteiger partial charge in [-0.3, -0.25) is 9.59 Å². The summed E-state index contributed by atoms with van der Waals surface area (Å²) in [5.74, 6) is 0.0914. The highest BCUT2D eigenvalue weighted by Gasteiger charge is 2.19. The van der Waals surface area contributed by atoms with Gasteiger partial charge in [0.25, 0.3) is 0 Å². The van der Waals surface area contributed by atoms with Gasteiger partial charge in [-0.15, -0.1) is 0 Å². The van der Waals surface area contributed by atoms with Gasteiger partial charge in [-0.05, 0) is 12.5 Å². The van der Waals surface area contributed by atoms with E-state index in [-0.39, 0.29) is 18.4 Å². The predicted molar refractivity (Wildman–Crippen MR) is 75.8 cm³/mol. The summed E-state index contributed by atoms with van der Waals surface area (Å²) >= 11 is 0. The summed E-state index contributed by atoms with van der Waals surface area (Å²) in [5.41, 5.74) is 0. The number of methoxy groups -OCH3 is 1. The molecule has 19 heavy (non-hydrogen) atoms. The van der Waals surface area contributed by atoms with Gasteiger partial charge in [-0.25, -0.2) is 0 Å². The zero-order valence-electron chi connectivity index (χ0n) is 12.7. The van der Waals surface area contributed by atoms with E-state index in [2.05, 4.69) is 23.9 Å². The van der Waals surface area contributed by atoms with Crippen molar-refractivity contribution in [2.24, 2.45) is 5.92 Å². The van der Waals surface area contributed by atoms with E-state index in [9.17, 15) is 9.59 Å². The molecule has 0 aliphatic heterocycles. The molecular formula is C14H28N2O3. The molecule has 0 rings (SSSR count). The number of rotatable bonds is 10. The van der Waals surface area contributed by atoms with Crippen LogP contribution in [0.15, 0.2) is 0 Å². The summed E-state index contributed by atoms with van der Waals surface area (Å²) in [6.07, 6.45) is 2.44. The molecule has 0 fully saturated rings. The van der Waals surface area contributed by atoms with Crippen molar-refractivity contribution in [1.29, 1.82) is 0 Å². The van der Waals surface area contributed by atoms with Gasteiger partial charge < -0.3 is 15.0 Å². The predicted octanol–water partition coefficient (Wildman–Crippen LogP) is 1.42. The molecule has 0 aromatic carbocycles. The van der Waals surface area contributed by atoms with E-state index in [0.717, 1.165) is 19.4 Å². The number of nitrogens with zero attached hydrogens (tertiary/aromatic N) is 1. The molecule has 0 unspecified atom stereocenters. The number of carbonyl (C=O) groups is 2. The molecule has 1 amide bonds. The third-order valence-electron chi connectivity index (χ3n) is 3.30. The standard InChI is InChI=1S/C14H28N2O3/c1-5-12(6-2)10-16(11-14(18)19-4)13(17)8-9-15-7-3/h12,15H,5-11H2,1-4H3. The maximum absolute atomic E-state index is 12.1. The van der Waals surface area contributed by atoms with Gasteiger partial charge in [0.05, 0.1) is 7.11 Å². The van der Waals surface area contributed by atoms with Crippen molar-refractivity contribution in [3.63, 3.8) is 0 Å². The Bertz CT molecular complexity index is 265. The summed E-state index contributed by atoms with van der Waals surface area (Å²) in [4.78, 5) is 25.1. The fraction of sp³-hybridized carbons (Fsp3) is 0.857. The first-order valence-corrected chi connectivity index (χ1v) is 7.14. The molecule has 5 heteroatoms. The van der Waals surface area contributed by atoms with Crippen molar-refractivity contribution in [2.45, 2.75) is 40.0 Å². The Hall–Kier alpha value is -1.10. The van der Waals surface area contributed by atoms with Crippen LogP contribution in [0.2, 0.25) is 0 Å². The third-order valence-corrected chi connectivity index (χ3v) is 3.30. The van der Waals surface area contributed by atoms with Gasteiger partial charge in [0, 0.05) is 19.5 Å². The molecule has 5 nitrogen and oxygen atoms in total. The van der Waals surface area contributed by atoms with Crippen molar-refractivity contribution < 1.29 is 14.3 Å². The number of ether oxygens (including phenoxy) is 1. The van der Waals surface area contributed by atoms with Crippen LogP contribution in [-0.4, -0.2) is 50.1 Å². The molecule has 0 saturated carbocycles. The highest BCUT2D eigenvalue weighted by Crippen LogP contribution is 2.11. The molecule has 0 bridgehead atoms. The number of carbonyl (C=O) groups excluding carboxylic acids is 2. The van der Waals surface area contributed by atoms with Crippen LogP contribution < -0.4 is 5.32 Å². The number of esters is 1. The lowest BCUT2D eigenvalue weighted by atomic mass is 10.0. The molecule has 0 radical (unpaired) electrons. The first-order chi connectivity index (χ1) is 9.08. The zero-order chi connectivity index (χ0) is 14.7. The molecule has 0 aromatic rings. The van der Waals surface area contributed by atoms with E-state index in [4.69, 9.17) is 0 Å². The topological polar surface area (TPSA) is 58.6 Å². The Balaban J connectivity index is 4.46. The van der Waals surface area contributed by atoms with Crippen molar-refractivity contribution >= 4 is 11.9 Å². The van der Waals surface area contributed by atoms with Gasteiger partial charge in [0.15, 0.2) is 0 Å². The number of hydrogen-bond acceptors (Lipinski definition) is 4. The van der Waals surface area contributed by atoms with E-state index in [1.165, 1.54) is 7.11 Å². The molecular weight excluding hydrogens is 244 g/mol. The quantitative estimate of drug-likeness (QED) is 0.483. The van der Waals surface area contributed by atoms with Gasteiger partial charge in [-0.1, -0.05) is 33.6 Å². The lowest BCUT2D eigenvalue weighted by Crippen LogP contribution is -2.40. The average molecular weight is 272 g/mol. The Morgan fingerprint density at radius 3 is 2.32 bits per heavy atom. The number of hydrogen-bond donors (Lipinski definition) is 1. The van der Waals surface area contributed by atoms with Crippen LogP contribution in [0.3, 0.4) is 0 Å². The van der Waals surface area contributed by atoms with Crippen LogP contribution in [0.1, 0.15) is 40.0 Å². The van der Waals surface area contributed by atoms with E-state index < -0.39 is 0 Å². The molecule has 0 atom stereocenters. The van der Waals surface area contributed by atoms with Crippen LogP contribution in [0.5, 0.6) is 0 Å². The van der Waals surface area contributed by atoms with E-state index in [1.54, 1.807) is 4.90 Å². The van der Waals surface area contributed by atoms with E-state index in [1.807, 2.05) is 6.92 Å². The summed E-state index contributed by atoms with van der Waals surface area (Å²) in [6.45, 7) is 8.39. The summed E-state index contributed by atoms with van der Waals surface area (Å²) in [6, 6.07) is 0. The minimum Gasteiger partial charge on any atom is -0.468 e. The van der Waals surface area contributed by atoms with E-state index in [0.29, 0.717) is 25.4 Å². The second kappa shape index (κ2) is 10.8. The monoisotopic (exact) mass is 272 g/mol. The van der Waals surface area contributed by atoms with Crippen molar-refractivity contribution in [3.05, 3.63) is 0 Å². The van der Waals surface area contributed by atoms with Crippen LogP contribution >= 0.6 is 0 Å². The molecule has 0 aliphatic carbocycles. The molecule has 0 spiro atoms. The molecule has 112 valence electrons. The SMILES string of the molecule is CCNCCC(=O)N(CC(=O)OC)CC(CC)CC. The third kappa shape index (κ3) is 7.82. The molecule has 0 heterocycles. The highest BCUT2D eigenvalue weighted by atomic mass is 16.5. The normalized spacial score (nSPS) is 10.6. The van der Waals surface area contributed by atoms with Gasteiger partial charge >= 0.3 is 5.97 Å². The van der Waals surface area contributed by atoms with Crippen LogP contribution in [0.25, 0.3) is 0 Å². The lowest BCUT2D eigenvalue weighted by molar-refractivity contribution is -0.147. The van der Waals surface area contributed by atoms with Crippen molar-refractivity contribution in [1.82, 2.24) is 10.2 Å². The highest BCUT2D eigenvalue weighted by molar-refractivity contribution is 5.82. The molecule has 0 saturated heterocycles. The minimum atomic E-state index is -0.359. The van der Waals surface area contributed by atoms with E-state index >= 15 is 0 Å². The first kappa shape index (κ1) is 17.9. The lowest BCUT2D eigenvalue weighted by Gasteiger charge is -2.25. The first-order valence-electron chi connectivity index (χ1n) is 7.14. The van der Waals surface area contributed by atoms with Gasteiger partial charge in [0.2, 0.25) is 5.91 Å². The maximum atomic E-state index is 12.1. The van der Waals surface area contributed by atoms with Crippen molar-refractivity contribution in [2.75, 3.05) is 33.3 Å². The molecule has 0 aliphatic rings. The van der Waals surface area contributed by atoms with Crippen LogP contribution in [0.4, 0.5) is 0 Å². The maximum Gasteiger partial charge on any atom is 0.325 e. The summed E-state index contributed by atoms with van der Waals surface area (Å²) in [7, 11) is 1.35. The number of nitrogens with one attached hydrogen (secondary N) is 1. The largest absolute Gasteiger partial charge is 0.468 e. The summed E-state index contributed by atoms with van der Waals surface area (Å²) in [5, 5.41) is 3.12. The van der Waals surface area contributed by atoms with Crippen LogP contribution in [0, 0.1) is 5.92 Å².